The molecule has 1 aromatic carbocycles. The Morgan fingerprint density at radius 1 is 1.47 bits per heavy atom. The molecule has 0 heterocycles. The molecule has 0 fully saturated rings. The predicted octanol–water partition coefficient (Wildman–Crippen LogP) is 2.77. The fourth-order valence-corrected chi connectivity index (χ4v) is 1.78. The van der Waals surface area contributed by atoms with Gasteiger partial charge in [0.05, 0.1) is 12.8 Å². The summed E-state index contributed by atoms with van der Waals surface area (Å²) in [5.41, 5.74) is 6.63. The summed E-state index contributed by atoms with van der Waals surface area (Å²) in [6.45, 7) is 3.82. The van der Waals surface area contributed by atoms with Crippen LogP contribution < -0.4 is 15.4 Å². The molecular weight excluding hydrogens is 236 g/mol. The normalized spacial score (nSPS) is 12.3. The lowest BCUT2D eigenvalue weighted by Crippen LogP contribution is -2.23. The van der Waals surface area contributed by atoms with Gasteiger partial charge in [-0.1, -0.05) is 18.5 Å². The van der Waals surface area contributed by atoms with E-state index in [2.05, 4.69) is 11.8 Å². The first-order valence-corrected chi connectivity index (χ1v) is 6.21. The number of halogens is 1. The van der Waals surface area contributed by atoms with Crippen molar-refractivity contribution in [2.24, 2.45) is 11.7 Å². The van der Waals surface area contributed by atoms with Crippen LogP contribution in [0.4, 0.5) is 5.69 Å². The molecule has 4 heteroatoms. The molecule has 2 N–H and O–H groups in total. The van der Waals surface area contributed by atoms with E-state index in [0.29, 0.717) is 5.92 Å². The number of nitrogens with zero attached hydrogens (tertiary/aromatic N) is 1. The standard InChI is InChI=1S/C13H21ClN2O/c1-10(9-15)6-7-16(2)12-8-11(14)4-5-13(12)17-3/h4-5,8,10H,6-7,9,15H2,1-3H3. The summed E-state index contributed by atoms with van der Waals surface area (Å²) >= 11 is 6.01. The van der Waals surface area contributed by atoms with E-state index in [-0.39, 0.29) is 0 Å². The van der Waals surface area contributed by atoms with Gasteiger partial charge in [-0.25, -0.2) is 0 Å². The summed E-state index contributed by atoms with van der Waals surface area (Å²) in [5.74, 6) is 1.37. The van der Waals surface area contributed by atoms with Crippen molar-refractivity contribution in [3.8, 4) is 5.75 Å². The minimum absolute atomic E-state index is 0.530. The van der Waals surface area contributed by atoms with Gasteiger partial charge >= 0.3 is 0 Å². The monoisotopic (exact) mass is 256 g/mol. The van der Waals surface area contributed by atoms with Crippen molar-refractivity contribution in [2.75, 3.05) is 32.1 Å². The topological polar surface area (TPSA) is 38.5 Å². The molecule has 0 aromatic heterocycles. The molecule has 0 aliphatic rings. The Labute approximate surface area is 109 Å². The Hall–Kier alpha value is -0.930. The number of nitrogens with two attached hydrogens (primary N) is 1. The molecule has 0 radical (unpaired) electrons. The highest BCUT2D eigenvalue weighted by molar-refractivity contribution is 6.30. The third kappa shape index (κ3) is 4.10. The summed E-state index contributed by atoms with van der Waals surface area (Å²) < 4.78 is 5.33. The van der Waals surface area contributed by atoms with Crippen LogP contribution in [0.1, 0.15) is 13.3 Å². The number of rotatable bonds is 6. The molecule has 0 aliphatic heterocycles. The lowest BCUT2D eigenvalue weighted by Gasteiger charge is -2.23. The third-order valence-corrected chi connectivity index (χ3v) is 3.15. The van der Waals surface area contributed by atoms with E-state index >= 15 is 0 Å². The van der Waals surface area contributed by atoms with Crippen LogP contribution in [0, 0.1) is 5.92 Å². The highest BCUT2D eigenvalue weighted by Crippen LogP contribution is 2.30. The first-order valence-electron chi connectivity index (χ1n) is 5.83. The molecule has 0 aliphatic carbocycles. The number of anilines is 1. The van der Waals surface area contributed by atoms with Gasteiger partial charge in [0, 0.05) is 18.6 Å². The van der Waals surface area contributed by atoms with E-state index < -0.39 is 0 Å². The smallest absolute Gasteiger partial charge is 0.142 e. The molecule has 1 atom stereocenters. The van der Waals surface area contributed by atoms with Gasteiger partial charge in [0.15, 0.2) is 0 Å². The summed E-state index contributed by atoms with van der Waals surface area (Å²) in [5, 5.41) is 0.722. The van der Waals surface area contributed by atoms with Crippen LogP contribution >= 0.6 is 11.6 Å². The second-order valence-corrected chi connectivity index (χ2v) is 4.80. The van der Waals surface area contributed by atoms with Gasteiger partial charge in [0.25, 0.3) is 0 Å². The van der Waals surface area contributed by atoms with Crippen LogP contribution in [0.5, 0.6) is 5.75 Å². The molecule has 1 rings (SSSR count). The number of hydrogen-bond acceptors (Lipinski definition) is 3. The maximum Gasteiger partial charge on any atom is 0.142 e. The van der Waals surface area contributed by atoms with Gasteiger partial charge in [-0.05, 0) is 37.1 Å². The van der Waals surface area contributed by atoms with E-state index in [1.54, 1.807) is 7.11 Å². The quantitative estimate of drug-likeness (QED) is 0.851. The van der Waals surface area contributed by atoms with Crippen LogP contribution in [0.2, 0.25) is 5.02 Å². The lowest BCUT2D eigenvalue weighted by atomic mass is 10.1. The Balaban J connectivity index is 2.73. The summed E-state index contributed by atoms with van der Waals surface area (Å²) in [7, 11) is 3.71. The van der Waals surface area contributed by atoms with Gasteiger partial charge in [-0.3, -0.25) is 0 Å². The molecule has 0 spiro atoms. The van der Waals surface area contributed by atoms with Crippen LogP contribution in [0.15, 0.2) is 18.2 Å². The molecule has 0 saturated carbocycles. The highest BCUT2D eigenvalue weighted by Gasteiger charge is 2.10. The molecular formula is C13H21ClN2O. The van der Waals surface area contributed by atoms with Crippen molar-refractivity contribution in [2.45, 2.75) is 13.3 Å². The van der Waals surface area contributed by atoms with Crippen LogP contribution in [-0.4, -0.2) is 27.2 Å². The summed E-state index contributed by atoms with van der Waals surface area (Å²) in [4.78, 5) is 2.15. The van der Waals surface area contributed by atoms with Crippen molar-refractivity contribution < 1.29 is 4.74 Å². The fraction of sp³-hybridized carbons (Fsp3) is 0.538. The second-order valence-electron chi connectivity index (χ2n) is 4.37. The molecule has 0 saturated heterocycles. The van der Waals surface area contributed by atoms with Crippen LogP contribution in [0.25, 0.3) is 0 Å². The minimum atomic E-state index is 0.530. The fourth-order valence-electron chi connectivity index (χ4n) is 1.61. The molecule has 96 valence electrons. The number of methoxy groups -OCH3 is 1. The predicted molar refractivity (Wildman–Crippen MR) is 74.1 cm³/mol. The van der Waals surface area contributed by atoms with Crippen molar-refractivity contribution in [1.82, 2.24) is 0 Å². The van der Waals surface area contributed by atoms with Gasteiger partial charge in [0.1, 0.15) is 5.75 Å². The average molecular weight is 257 g/mol. The van der Waals surface area contributed by atoms with E-state index in [9.17, 15) is 0 Å². The molecule has 1 aromatic rings. The highest BCUT2D eigenvalue weighted by atomic mass is 35.5. The summed E-state index contributed by atoms with van der Waals surface area (Å²) in [6, 6.07) is 5.65. The number of benzene rings is 1. The molecule has 17 heavy (non-hydrogen) atoms. The van der Waals surface area contributed by atoms with Crippen molar-refractivity contribution in [1.29, 1.82) is 0 Å². The zero-order valence-corrected chi connectivity index (χ0v) is 11.5. The van der Waals surface area contributed by atoms with E-state index in [1.165, 1.54) is 0 Å². The van der Waals surface area contributed by atoms with Crippen molar-refractivity contribution >= 4 is 17.3 Å². The van der Waals surface area contributed by atoms with Crippen LogP contribution in [-0.2, 0) is 0 Å². The molecule has 1 unspecified atom stereocenters. The van der Waals surface area contributed by atoms with Gasteiger partial charge < -0.3 is 15.4 Å². The van der Waals surface area contributed by atoms with E-state index in [4.69, 9.17) is 22.1 Å². The second kappa shape index (κ2) is 6.72. The largest absolute Gasteiger partial charge is 0.495 e. The lowest BCUT2D eigenvalue weighted by molar-refractivity contribution is 0.414. The molecule has 0 amide bonds. The Bertz CT molecular complexity index is 357. The van der Waals surface area contributed by atoms with E-state index in [1.807, 2.05) is 25.2 Å². The summed E-state index contributed by atoms with van der Waals surface area (Å²) in [6.07, 6.45) is 1.06. The number of ether oxygens (including phenoxy) is 1. The number of hydrogen-bond donors (Lipinski definition) is 1. The average Bonchev–Trinajstić information content (AvgIpc) is 2.35. The van der Waals surface area contributed by atoms with Crippen LogP contribution in [0.3, 0.4) is 0 Å². The van der Waals surface area contributed by atoms with Gasteiger partial charge in [-0.15, -0.1) is 0 Å². The Kier molecular flexibility index (Phi) is 5.59. The Morgan fingerprint density at radius 3 is 2.76 bits per heavy atom. The zero-order valence-electron chi connectivity index (χ0n) is 10.7. The minimum Gasteiger partial charge on any atom is -0.495 e. The van der Waals surface area contributed by atoms with E-state index in [0.717, 1.165) is 36.0 Å². The third-order valence-electron chi connectivity index (χ3n) is 2.91. The SMILES string of the molecule is COc1ccc(Cl)cc1N(C)CCC(C)CN. The van der Waals surface area contributed by atoms with Gasteiger partial charge in [-0.2, -0.15) is 0 Å². The van der Waals surface area contributed by atoms with Crippen molar-refractivity contribution in [3.05, 3.63) is 23.2 Å². The maximum atomic E-state index is 6.01. The molecule has 0 bridgehead atoms. The van der Waals surface area contributed by atoms with Gasteiger partial charge in [0.2, 0.25) is 0 Å². The zero-order chi connectivity index (χ0) is 12.8. The first kappa shape index (κ1) is 14.1. The Morgan fingerprint density at radius 2 is 2.18 bits per heavy atom. The maximum absolute atomic E-state index is 6.01. The first-order chi connectivity index (χ1) is 8.08. The molecule has 3 nitrogen and oxygen atoms in total. The van der Waals surface area contributed by atoms with Crippen molar-refractivity contribution in [3.63, 3.8) is 0 Å².